The normalized spacial score (nSPS) is 17.9. The van der Waals surface area contributed by atoms with Gasteiger partial charge in [0.2, 0.25) is 0 Å². The summed E-state index contributed by atoms with van der Waals surface area (Å²) in [6, 6.07) is 9.56. The van der Waals surface area contributed by atoms with Gasteiger partial charge in [-0.05, 0) is 19.1 Å². The summed E-state index contributed by atoms with van der Waals surface area (Å²) in [4.78, 5) is 5.18. The zero-order valence-electron chi connectivity index (χ0n) is 10.1. The van der Waals surface area contributed by atoms with E-state index in [0.29, 0.717) is 5.84 Å². The highest BCUT2D eigenvalue weighted by Crippen LogP contribution is 2.20. The largest absolute Gasteiger partial charge is 0.341 e. The molecule has 1 atom stereocenters. The number of anilines is 1. The zero-order chi connectivity index (χ0) is 13.8. The van der Waals surface area contributed by atoms with Crippen LogP contribution in [0.25, 0.3) is 0 Å². The lowest BCUT2D eigenvalue weighted by atomic mass is 10.2. The first-order chi connectivity index (χ1) is 9.15. The van der Waals surface area contributed by atoms with E-state index in [1.54, 1.807) is 0 Å². The average Bonchev–Trinajstić information content (AvgIpc) is 2.43. The molecular weight excluding hydrogens is 262 g/mol. The van der Waals surface area contributed by atoms with E-state index in [-0.39, 0.29) is 5.70 Å². The molecule has 94 valence electrons. The molecule has 1 aromatic rings. The van der Waals surface area contributed by atoms with Crippen LogP contribution in [0.5, 0.6) is 0 Å². The number of allylic oxidation sites excluding steroid dienone is 1. The maximum absolute atomic E-state index is 9.00. The Kier molecular flexibility index (Phi) is 3.70. The highest BCUT2D eigenvalue weighted by molar-refractivity contribution is 6.33. The van der Waals surface area contributed by atoms with Crippen LogP contribution in [0.2, 0.25) is 0 Å². The predicted octanol–water partition coefficient (Wildman–Crippen LogP) is 2.53. The lowest BCUT2D eigenvalue weighted by Gasteiger charge is -2.25. The van der Waals surface area contributed by atoms with Gasteiger partial charge in [-0.1, -0.05) is 29.3 Å². The van der Waals surface area contributed by atoms with E-state index >= 15 is 0 Å². The second kappa shape index (κ2) is 5.43. The molecule has 1 aliphatic heterocycles. The Bertz CT molecular complexity index is 618. The summed E-state index contributed by atoms with van der Waals surface area (Å²) in [5.41, 5.74) is 1.27. The van der Waals surface area contributed by atoms with Gasteiger partial charge in [0, 0.05) is 5.69 Å². The fourth-order valence-electron chi connectivity index (χ4n) is 1.56. The third-order valence-electron chi connectivity index (χ3n) is 2.58. The van der Waals surface area contributed by atoms with Crippen LogP contribution in [0.3, 0.4) is 0 Å². The van der Waals surface area contributed by atoms with Crippen LogP contribution < -0.4 is 5.32 Å². The highest BCUT2D eigenvalue weighted by Gasteiger charge is 2.27. The van der Waals surface area contributed by atoms with Gasteiger partial charge in [-0.2, -0.15) is 10.5 Å². The molecule has 6 heteroatoms. The molecule has 0 aliphatic carbocycles. The Hall–Kier alpha value is -2.50. The number of hydrogen-bond donors (Lipinski definition) is 1. The molecule has 1 aromatic carbocycles. The van der Waals surface area contributed by atoms with E-state index in [4.69, 9.17) is 22.1 Å². The fraction of sp³-hybridized carbons (Fsp3) is 0.154. The minimum absolute atomic E-state index is 0.122. The number of alkyl halides is 1. The van der Waals surface area contributed by atoms with Gasteiger partial charge in [-0.15, -0.1) is 0 Å². The maximum Gasteiger partial charge on any atom is 0.186 e. The van der Waals surface area contributed by atoms with Crippen LogP contribution in [0.1, 0.15) is 5.56 Å². The van der Waals surface area contributed by atoms with Crippen LogP contribution in [0.4, 0.5) is 5.69 Å². The Balaban J connectivity index is 2.24. The highest BCUT2D eigenvalue weighted by atomic mass is 35.5. The van der Waals surface area contributed by atoms with Gasteiger partial charge < -0.3 is 5.32 Å². The molecule has 0 radical (unpaired) electrons. The number of halogens is 1. The van der Waals surface area contributed by atoms with E-state index in [1.165, 1.54) is 6.20 Å². The molecule has 0 fully saturated rings. The molecule has 0 spiro atoms. The van der Waals surface area contributed by atoms with Crippen LogP contribution in [0.15, 0.2) is 41.2 Å². The number of amidine groups is 1. The van der Waals surface area contributed by atoms with Crippen LogP contribution in [-0.4, -0.2) is 16.2 Å². The molecule has 0 saturated carbocycles. The van der Waals surface area contributed by atoms with Crippen molar-refractivity contribution in [2.45, 2.75) is 12.4 Å². The number of rotatable bonds is 1. The third kappa shape index (κ3) is 2.67. The summed E-state index contributed by atoms with van der Waals surface area (Å²) < 4.78 is 0. The Labute approximate surface area is 116 Å². The Morgan fingerprint density at radius 2 is 2.00 bits per heavy atom. The molecule has 1 unspecified atom stereocenters. The summed E-state index contributed by atoms with van der Waals surface area (Å²) in [7, 11) is 0. The van der Waals surface area contributed by atoms with Gasteiger partial charge in [-0.25, -0.2) is 9.89 Å². The van der Waals surface area contributed by atoms with Gasteiger partial charge in [0.25, 0.3) is 0 Å². The van der Waals surface area contributed by atoms with Gasteiger partial charge in [0.05, 0.1) is 6.20 Å². The van der Waals surface area contributed by atoms with E-state index in [0.717, 1.165) is 16.2 Å². The maximum atomic E-state index is 9.00. The SMILES string of the molecule is Cc1ccc(NC2=NC=C(C#N)N(C#N)C2Cl)cc1. The number of aryl methyl sites for hydroxylation is 1. The second-order valence-electron chi connectivity index (χ2n) is 3.94. The molecule has 0 saturated heterocycles. The van der Waals surface area contributed by atoms with E-state index in [1.807, 2.05) is 43.5 Å². The van der Waals surface area contributed by atoms with Crippen LogP contribution >= 0.6 is 11.6 Å². The van der Waals surface area contributed by atoms with Crippen molar-refractivity contribution in [3.63, 3.8) is 0 Å². The molecule has 1 N–H and O–H groups in total. The monoisotopic (exact) mass is 271 g/mol. The number of hydrogen-bond acceptors (Lipinski definition) is 5. The Morgan fingerprint density at radius 3 is 2.58 bits per heavy atom. The average molecular weight is 272 g/mol. The molecule has 5 nitrogen and oxygen atoms in total. The van der Waals surface area contributed by atoms with E-state index in [9.17, 15) is 0 Å². The molecular formula is C13H10ClN5. The lowest BCUT2D eigenvalue weighted by Crippen LogP contribution is -2.38. The topological polar surface area (TPSA) is 75.2 Å². The summed E-state index contributed by atoms with van der Waals surface area (Å²) >= 11 is 6.12. The van der Waals surface area contributed by atoms with Crippen molar-refractivity contribution in [2.75, 3.05) is 5.32 Å². The zero-order valence-corrected chi connectivity index (χ0v) is 10.9. The molecule has 2 rings (SSSR count). The first-order valence-electron chi connectivity index (χ1n) is 5.50. The number of aliphatic imine (C=N–C) groups is 1. The third-order valence-corrected chi connectivity index (χ3v) is 2.99. The number of nitriles is 2. The van der Waals surface area contributed by atoms with Crippen LogP contribution in [0, 0.1) is 29.7 Å². The molecule has 0 bridgehead atoms. The van der Waals surface area contributed by atoms with Crippen molar-refractivity contribution in [1.82, 2.24) is 4.90 Å². The van der Waals surface area contributed by atoms with Crippen molar-refractivity contribution < 1.29 is 0 Å². The summed E-state index contributed by atoms with van der Waals surface area (Å²) in [6.45, 7) is 1.99. The first kappa shape index (κ1) is 12.9. The van der Waals surface area contributed by atoms with Crippen molar-refractivity contribution >= 4 is 23.1 Å². The van der Waals surface area contributed by atoms with Crippen molar-refractivity contribution in [3.05, 3.63) is 41.7 Å². The van der Waals surface area contributed by atoms with Crippen molar-refractivity contribution in [1.29, 1.82) is 10.5 Å². The fourth-order valence-corrected chi connectivity index (χ4v) is 1.82. The van der Waals surface area contributed by atoms with Gasteiger partial charge in [0.15, 0.2) is 11.7 Å². The lowest BCUT2D eigenvalue weighted by molar-refractivity contribution is 0.524. The van der Waals surface area contributed by atoms with Crippen molar-refractivity contribution in [2.24, 2.45) is 4.99 Å². The summed E-state index contributed by atoms with van der Waals surface area (Å²) in [5, 5.41) is 20.9. The quantitative estimate of drug-likeness (QED) is 0.484. The van der Waals surface area contributed by atoms with E-state index in [2.05, 4.69) is 10.3 Å². The summed E-state index contributed by atoms with van der Waals surface area (Å²) in [6.07, 6.45) is 3.19. The number of nitrogens with one attached hydrogen (secondary N) is 1. The summed E-state index contributed by atoms with van der Waals surface area (Å²) in [5.74, 6) is 0.408. The number of nitrogens with zero attached hydrogens (tertiary/aromatic N) is 4. The molecule has 0 aromatic heterocycles. The predicted molar refractivity (Wildman–Crippen MR) is 73.0 cm³/mol. The number of benzene rings is 1. The van der Waals surface area contributed by atoms with Gasteiger partial charge in [0.1, 0.15) is 17.6 Å². The standard InChI is InChI=1S/C13H10ClN5/c1-9-2-4-10(5-3-9)18-13-12(14)19(8-16)11(6-15)7-17-13/h2-5,7,12H,1H3,(H,17,18). The Morgan fingerprint density at radius 1 is 1.32 bits per heavy atom. The van der Waals surface area contributed by atoms with Crippen molar-refractivity contribution in [3.8, 4) is 12.3 Å². The minimum atomic E-state index is -0.814. The first-order valence-corrected chi connectivity index (χ1v) is 5.94. The molecule has 19 heavy (non-hydrogen) atoms. The van der Waals surface area contributed by atoms with Gasteiger partial charge >= 0.3 is 0 Å². The minimum Gasteiger partial charge on any atom is -0.341 e. The van der Waals surface area contributed by atoms with Crippen LogP contribution in [-0.2, 0) is 0 Å². The molecule has 0 amide bonds. The smallest absolute Gasteiger partial charge is 0.186 e. The van der Waals surface area contributed by atoms with E-state index < -0.39 is 5.50 Å². The second-order valence-corrected chi connectivity index (χ2v) is 4.35. The molecule has 1 heterocycles. The molecule has 1 aliphatic rings. The van der Waals surface area contributed by atoms with Gasteiger partial charge in [-0.3, -0.25) is 0 Å².